The standard InChI is InChI=1S/C22H27NO4/c1-4-23(5-2)13-14-27-21-16-19(26-3)12-11-18(21)15-20(22(24)25)17-9-7-6-8-10-17/h6-12,15-16H,4-5,13-14H2,1-3H3,(H,24,25)/b20-15-. The molecule has 0 atom stereocenters. The van der Waals surface area contributed by atoms with E-state index in [1.807, 2.05) is 24.3 Å². The Bertz CT molecular complexity index is 767. The van der Waals surface area contributed by atoms with E-state index in [1.165, 1.54) is 0 Å². The molecule has 2 aromatic rings. The SMILES string of the molecule is CCN(CC)CCOc1cc(OC)ccc1/C=C(\C(=O)O)c1ccccc1. The number of aliphatic carboxylic acids is 1. The number of ether oxygens (including phenoxy) is 2. The van der Waals surface area contributed by atoms with Gasteiger partial charge in [-0.3, -0.25) is 0 Å². The third-order valence-corrected chi connectivity index (χ3v) is 4.40. The number of carboxylic acid groups (broad SMARTS) is 1. The molecule has 0 unspecified atom stereocenters. The molecule has 0 aliphatic rings. The summed E-state index contributed by atoms with van der Waals surface area (Å²) in [6, 6.07) is 14.5. The van der Waals surface area contributed by atoms with Gasteiger partial charge in [-0.1, -0.05) is 44.2 Å². The minimum Gasteiger partial charge on any atom is -0.497 e. The van der Waals surface area contributed by atoms with E-state index in [0.717, 1.165) is 19.6 Å². The zero-order valence-corrected chi connectivity index (χ0v) is 16.1. The van der Waals surface area contributed by atoms with E-state index in [2.05, 4.69) is 18.7 Å². The Labute approximate surface area is 160 Å². The first kappa shape index (κ1) is 20.5. The average Bonchev–Trinajstić information content (AvgIpc) is 2.70. The Morgan fingerprint density at radius 2 is 1.81 bits per heavy atom. The number of benzene rings is 2. The minimum atomic E-state index is -0.980. The average molecular weight is 369 g/mol. The van der Waals surface area contributed by atoms with E-state index in [1.54, 1.807) is 37.5 Å². The van der Waals surface area contributed by atoms with Crippen molar-refractivity contribution >= 4 is 17.6 Å². The second-order valence-corrected chi connectivity index (χ2v) is 6.01. The Morgan fingerprint density at radius 3 is 2.41 bits per heavy atom. The molecule has 0 aliphatic carbocycles. The predicted molar refractivity (Wildman–Crippen MR) is 108 cm³/mol. The summed E-state index contributed by atoms with van der Waals surface area (Å²) in [4.78, 5) is 14.0. The lowest BCUT2D eigenvalue weighted by atomic mass is 10.0. The molecular weight excluding hydrogens is 342 g/mol. The molecule has 0 fully saturated rings. The van der Waals surface area contributed by atoms with Crippen LogP contribution in [0.15, 0.2) is 48.5 Å². The van der Waals surface area contributed by atoms with Gasteiger partial charge in [0.1, 0.15) is 18.1 Å². The molecule has 0 bridgehead atoms. The highest BCUT2D eigenvalue weighted by atomic mass is 16.5. The number of hydrogen-bond acceptors (Lipinski definition) is 4. The van der Waals surface area contributed by atoms with Crippen molar-refractivity contribution in [3.63, 3.8) is 0 Å². The van der Waals surface area contributed by atoms with E-state index >= 15 is 0 Å². The van der Waals surface area contributed by atoms with Gasteiger partial charge >= 0.3 is 5.97 Å². The summed E-state index contributed by atoms with van der Waals surface area (Å²) in [6.45, 7) is 7.47. The Hall–Kier alpha value is -2.79. The molecule has 0 aliphatic heterocycles. The molecule has 0 saturated carbocycles. The van der Waals surface area contributed by atoms with Crippen LogP contribution in [0.25, 0.3) is 11.6 Å². The third-order valence-electron chi connectivity index (χ3n) is 4.40. The quantitative estimate of drug-likeness (QED) is 0.506. The van der Waals surface area contributed by atoms with Crippen molar-refractivity contribution in [3.8, 4) is 11.5 Å². The molecule has 0 spiro atoms. The first-order valence-electron chi connectivity index (χ1n) is 9.12. The number of methoxy groups -OCH3 is 1. The van der Waals surface area contributed by atoms with Gasteiger partial charge in [0.15, 0.2) is 0 Å². The summed E-state index contributed by atoms with van der Waals surface area (Å²) < 4.78 is 11.3. The first-order chi connectivity index (χ1) is 13.1. The highest BCUT2D eigenvalue weighted by Crippen LogP contribution is 2.29. The maximum Gasteiger partial charge on any atom is 0.336 e. The molecule has 1 N–H and O–H groups in total. The maximum atomic E-state index is 11.8. The van der Waals surface area contributed by atoms with Crippen LogP contribution in [0.3, 0.4) is 0 Å². The molecule has 5 heteroatoms. The fraction of sp³-hybridized carbons (Fsp3) is 0.318. The summed E-state index contributed by atoms with van der Waals surface area (Å²) in [7, 11) is 1.59. The monoisotopic (exact) mass is 369 g/mol. The van der Waals surface area contributed by atoms with Crippen molar-refractivity contribution in [2.24, 2.45) is 0 Å². The highest BCUT2D eigenvalue weighted by molar-refractivity contribution is 6.20. The summed E-state index contributed by atoms with van der Waals surface area (Å²) in [6.07, 6.45) is 1.64. The van der Waals surface area contributed by atoms with E-state index in [-0.39, 0.29) is 5.57 Å². The lowest BCUT2D eigenvalue weighted by molar-refractivity contribution is -0.130. The van der Waals surface area contributed by atoms with Gasteiger partial charge in [-0.2, -0.15) is 0 Å². The van der Waals surface area contributed by atoms with Gasteiger partial charge < -0.3 is 19.5 Å². The van der Waals surface area contributed by atoms with Crippen LogP contribution in [-0.4, -0.2) is 49.3 Å². The number of carboxylic acids is 1. The number of carbonyl (C=O) groups is 1. The number of likely N-dealkylation sites (N-methyl/N-ethyl adjacent to an activating group) is 1. The van der Waals surface area contributed by atoms with Crippen LogP contribution in [-0.2, 0) is 4.79 Å². The molecule has 2 rings (SSSR count). The van der Waals surface area contributed by atoms with Gasteiger partial charge in [-0.05, 0) is 36.9 Å². The molecule has 0 heterocycles. The zero-order chi connectivity index (χ0) is 19.6. The third kappa shape index (κ3) is 5.86. The molecule has 0 aromatic heterocycles. The molecular formula is C22H27NO4. The van der Waals surface area contributed by atoms with Crippen molar-refractivity contribution in [2.75, 3.05) is 33.4 Å². The van der Waals surface area contributed by atoms with Crippen LogP contribution in [0.4, 0.5) is 0 Å². The summed E-state index contributed by atoms with van der Waals surface area (Å²) >= 11 is 0. The normalized spacial score (nSPS) is 11.5. The largest absolute Gasteiger partial charge is 0.497 e. The van der Waals surface area contributed by atoms with E-state index in [9.17, 15) is 9.90 Å². The molecule has 0 radical (unpaired) electrons. The number of rotatable bonds is 10. The molecule has 0 saturated heterocycles. The molecule has 0 amide bonds. The van der Waals surface area contributed by atoms with Gasteiger partial charge in [0.25, 0.3) is 0 Å². The fourth-order valence-electron chi connectivity index (χ4n) is 2.75. The maximum absolute atomic E-state index is 11.8. The Kier molecular flexibility index (Phi) is 7.89. The Morgan fingerprint density at radius 1 is 1.11 bits per heavy atom. The lowest BCUT2D eigenvalue weighted by Crippen LogP contribution is -2.28. The second-order valence-electron chi connectivity index (χ2n) is 6.01. The predicted octanol–water partition coefficient (Wildman–Crippen LogP) is 4.04. The van der Waals surface area contributed by atoms with Crippen LogP contribution in [0.2, 0.25) is 0 Å². The first-order valence-corrected chi connectivity index (χ1v) is 9.12. The van der Waals surface area contributed by atoms with Gasteiger partial charge in [-0.15, -0.1) is 0 Å². The second kappa shape index (κ2) is 10.4. The lowest BCUT2D eigenvalue weighted by Gasteiger charge is -2.19. The van der Waals surface area contributed by atoms with Crippen molar-refractivity contribution in [1.82, 2.24) is 4.90 Å². The topological polar surface area (TPSA) is 59.0 Å². The van der Waals surface area contributed by atoms with Crippen molar-refractivity contribution in [2.45, 2.75) is 13.8 Å². The van der Waals surface area contributed by atoms with Crippen LogP contribution >= 0.6 is 0 Å². The van der Waals surface area contributed by atoms with Crippen LogP contribution in [0, 0.1) is 0 Å². The summed E-state index contributed by atoms with van der Waals surface area (Å²) in [5.41, 5.74) is 1.57. The Balaban J connectivity index is 2.32. The van der Waals surface area contributed by atoms with Crippen LogP contribution in [0.1, 0.15) is 25.0 Å². The van der Waals surface area contributed by atoms with E-state index in [0.29, 0.717) is 29.2 Å². The van der Waals surface area contributed by atoms with Gasteiger partial charge in [0.05, 0.1) is 12.7 Å². The number of hydrogen-bond donors (Lipinski definition) is 1. The highest BCUT2D eigenvalue weighted by Gasteiger charge is 2.13. The molecule has 5 nitrogen and oxygen atoms in total. The van der Waals surface area contributed by atoms with Crippen LogP contribution in [0.5, 0.6) is 11.5 Å². The van der Waals surface area contributed by atoms with Crippen LogP contribution < -0.4 is 9.47 Å². The zero-order valence-electron chi connectivity index (χ0n) is 16.1. The van der Waals surface area contributed by atoms with Crippen molar-refractivity contribution < 1.29 is 19.4 Å². The minimum absolute atomic E-state index is 0.217. The van der Waals surface area contributed by atoms with Gasteiger partial charge in [-0.25, -0.2) is 4.79 Å². The van der Waals surface area contributed by atoms with Crippen molar-refractivity contribution in [3.05, 3.63) is 59.7 Å². The fourth-order valence-corrected chi connectivity index (χ4v) is 2.75. The van der Waals surface area contributed by atoms with Gasteiger partial charge in [0, 0.05) is 18.2 Å². The van der Waals surface area contributed by atoms with E-state index in [4.69, 9.17) is 9.47 Å². The summed E-state index contributed by atoms with van der Waals surface area (Å²) in [5.74, 6) is 0.295. The van der Waals surface area contributed by atoms with Gasteiger partial charge in [0.2, 0.25) is 0 Å². The van der Waals surface area contributed by atoms with E-state index < -0.39 is 5.97 Å². The van der Waals surface area contributed by atoms with Crippen molar-refractivity contribution in [1.29, 1.82) is 0 Å². The number of nitrogens with zero attached hydrogens (tertiary/aromatic N) is 1. The summed E-state index contributed by atoms with van der Waals surface area (Å²) in [5, 5.41) is 9.65. The smallest absolute Gasteiger partial charge is 0.336 e. The molecule has 2 aromatic carbocycles. The molecule has 27 heavy (non-hydrogen) atoms. The molecule has 144 valence electrons.